The molecule has 0 aliphatic carbocycles. The normalized spacial score (nSPS) is 11.8. The molecule has 1 aromatic heterocycles. The van der Waals surface area contributed by atoms with Gasteiger partial charge >= 0.3 is 6.18 Å². The average molecular weight is 272 g/mol. The van der Waals surface area contributed by atoms with Crippen molar-refractivity contribution in [2.24, 2.45) is 0 Å². The topological polar surface area (TPSA) is 56.3 Å². The number of aromatic amines is 1. The van der Waals surface area contributed by atoms with Gasteiger partial charge in [0.05, 0.1) is 5.56 Å². The third-order valence-corrected chi connectivity index (χ3v) is 2.74. The number of fused-ring (bicyclic) bond motifs is 1. The highest BCUT2D eigenvalue weighted by Gasteiger charge is 2.30. The standard InChI is InChI=1S/C12H11F3N2O2/c1-17(6-18)11(19)10-5-7-4-8(12(13,14)15)2-3-9(7)16-10/h2-5,16,18H,6H2,1H3. The number of H-pyrrole nitrogens is 1. The van der Waals surface area contributed by atoms with Gasteiger partial charge in [-0.05, 0) is 24.3 Å². The van der Waals surface area contributed by atoms with Crippen LogP contribution in [0.4, 0.5) is 13.2 Å². The third-order valence-electron chi connectivity index (χ3n) is 2.74. The molecule has 0 fully saturated rings. The monoisotopic (exact) mass is 272 g/mol. The van der Waals surface area contributed by atoms with Crippen LogP contribution in [0.15, 0.2) is 24.3 Å². The number of nitrogens with zero attached hydrogens (tertiary/aromatic N) is 1. The van der Waals surface area contributed by atoms with Crippen LogP contribution in [-0.4, -0.2) is 34.7 Å². The second-order valence-corrected chi connectivity index (χ2v) is 4.13. The summed E-state index contributed by atoms with van der Waals surface area (Å²) in [5.74, 6) is -0.493. The number of nitrogens with one attached hydrogen (secondary N) is 1. The lowest BCUT2D eigenvalue weighted by Gasteiger charge is -2.11. The second-order valence-electron chi connectivity index (χ2n) is 4.13. The van der Waals surface area contributed by atoms with Crippen molar-refractivity contribution in [1.29, 1.82) is 0 Å². The molecule has 0 aliphatic heterocycles. The van der Waals surface area contributed by atoms with Crippen LogP contribution in [0, 0.1) is 0 Å². The van der Waals surface area contributed by atoms with Crippen molar-refractivity contribution in [1.82, 2.24) is 9.88 Å². The molecule has 1 heterocycles. The van der Waals surface area contributed by atoms with Crippen molar-refractivity contribution in [3.63, 3.8) is 0 Å². The summed E-state index contributed by atoms with van der Waals surface area (Å²) in [5, 5.41) is 9.13. The number of rotatable bonds is 2. The smallest absolute Gasteiger partial charge is 0.376 e. The molecule has 2 N–H and O–H groups in total. The van der Waals surface area contributed by atoms with Crippen LogP contribution in [0.3, 0.4) is 0 Å². The Morgan fingerprint density at radius 2 is 2.05 bits per heavy atom. The predicted molar refractivity (Wildman–Crippen MR) is 62.5 cm³/mol. The first-order chi connectivity index (χ1) is 8.82. The van der Waals surface area contributed by atoms with E-state index in [0.29, 0.717) is 10.9 Å². The van der Waals surface area contributed by atoms with Crippen molar-refractivity contribution in [3.8, 4) is 0 Å². The summed E-state index contributed by atoms with van der Waals surface area (Å²) in [6, 6.07) is 4.53. The molecule has 0 unspecified atom stereocenters. The van der Waals surface area contributed by atoms with Crippen LogP contribution in [0.2, 0.25) is 0 Å². The molecule has 7 heteroatoms. The quantitative estimate of drug-likeness (QED) is 0.823. The molecule has 2 rings (SSSR count). The molecule has 19 heavy (non-hydrogen) atoms. The van der Waals surface area contributed by atoms with Gasteiger partial charge in [-0.1, -0.05) is 0 Å². The van der Waals surface area contributed by atoms with Crippen molar-refractivity contribution < 1.29 is 23.1 Å². The van der Waals surface area contributed by atoms with Gasteiger partial charge in [0.25, 0.3) is 5.91 Å². The van der Waals surface area contributed by atoms with Crippen molar-refractivity contribution in [3.05, 3.63) is 35.5 Å². The van der Waals surface area contributed by atoms with Gasteiger partial charge in [-0.3, -0.25) is 4.79 Å². The van der Waals surface area contributed by atoms with E-state index < -0.39 is 24.4 Å². The number of aliphatic hydroxyl groups excluding tert-OH is 1. The molecule has 0 bridgehead atoms. The third kappa shape index (κ3) is 2.55. The van der Waals surface area contributed by atoms with Gasteiger partial charge in [0.1, 0.15) is 12.4 Å². The number of alkyl halides is 3. The van der Waals surface area contributed by atoms with E-state index in [0.717, 1.165) is 17.0 Å². The van der Waals surface area contributed by atoms with Gasteiger partial charge in [0, 0.05) is 18.0 Å². The summed E-state index contributed by atoms with van der Waals surface area (Å²) < 4.78 is 37.6. The lowest BCUT2D eigenvalue weighted by molar-refractivity contribution is -0.137. The zero-order chi connectivity index (χ0) is 14.2. The molecular formula is C12H11F3N2O2. The number of benzene rings is 1. The Morgan fingerprint density at radius 1 is 1.37 bits per heavy atom. The van der Waals surface area contributed by atoms with Crippen molar-refractivity contribution in [2.45, 2.75) is 6.18 Å². The number of halogens is 3. The molecule has 0 aliphatic rings. The summed E-state index contributed by atoms with van der Waals surface area (Å²) in [4.78, 5) is 15.5. The van der Waals surface area contributed by atoms with Gasteiger partial charge in [0.15, 0.2) is 0 Å². The maximum Gasteiger partial charge on any atom is 0.416 e. The molecule has 1 aromatic carbocycles. The minimum Gasteiger partial charge on any atom is -0.376 e. The molecule has 0 radical (unpaired) electrons. The molecule has 0 saturated heterocycles. The first kappa shape index (κ1) is 13.4. The highest BCUT2D eigenvalue weighted by molar-refractivity contribution is 5.98. The van der Waals surface area contributed by atoms with Gasteiger partial charge in [0.2, 0.25) is 0 Å². The van der Waals surface area contributed by atoms with Crippen LogP contribution in [-0.2, 0) is 6.18 Å². The summed E-state index contributed by atoms with van der Waals surface area (Å²) in [5.41, 5.74) is -0.206. The zero-order valence-corrected chi connectivity index (χ0v) is 9.95. The van der Waals surface area contributed by atoms with Gasteiger partial charge in [-0.15, -0.1) is 0 Å². The fourth-order valence-electron chi connectivity index (χ4n) is 1.69. The Labute approximate surface area is 106 Å². The van der Waals surface area contributed by atoms with E-state index in [1.165, 1.54) is 19.2 Å². The number of aromatic nitrogens is 1. The van der Waals surface area contributed by atoms with Crippen molar-refractivity contribution >= 4 is 16.8 Å². The van der Waals surface area contributed by atoms with Crippen molar-refractivity contribution in [2.75, 3.05) is 13.8 Å². The number of carbonyl (C=O) groups is 1. The summed E-state index contributed by atoms with van der Waals surface area (Å²) in [7, 11) is 1.38. The van der Waals surface area contributed by atoms with Crippen LogP contribution >= 0.6 is 0 Å². The van der Waals surface area contributed by atoms with Gasteiger partial charge in [-0.25, -0.2) is 0 Å². The molecule has 0 saturated carbocycles. The predicted octanol–water partition coefficient (Wildman–Crippen LogP) is 2.21. The molecule has 2 aromatic rings. The Bertz CT molecular complexity index is 619. The van der Waals surface area contributed by atoms with E-state index in [1.807, 2.05) is 0 Å². The van der Waals surface area contributed by atoms with E-state index in [9.17, 15) is 18.0 Å². The number of carbonyl (C=O) groups excluding carboxylic acids is 1. The van der Waals surface area contributed by atoms with Crippen LogP contribution in [0.1, 0.15) is 16.1 Å². The first-order valence-corrected chi connectivity index (χ1v) is 5.39. The van der Waals surface area contributed by atoms with Gasteiger partial charge in [-0.2, -0.15) is 13.2 Å². The molecule has 102 valence electrons. The molecule has 0 atom stereocenters. The van der Waals surface area contributed by atoms with Gasteiger partial charge < -0.3 is 15.0 Å². The Kier molecular flexibility index (Phi) is 3.23. The SMILES string of the molecule is CN(CO)C(=O)c1cc2cc(C(F)(F)F)ccc2[nH]1. The summed E-state index contributed by atoms with van der Waals surface area (Å²) in [6.45, 7) is -0.470. The fourth-order valence-corrected chi connectivity index (χ4v) is 1.69. The van der Waals surface area contributed by atoms with E-state index in [4.69, 9.17) is 5.11 Å². The fraction of sp³-hybridized carbons (Fsp3) is 0.250. The Balaban J connectivity index is 2.44. The summed E-state index contributed by atoms with van der Waals surface area (Å²) in [6.07, 6.45) is -4.42. The first-order valence-electron chi connectivity index (χ1n) is 5.39. The van der Waals surface area contributed by atoms with E-state index >= 15 is 0 Å². The maximum absolute atomic E-state index is 12.5. The molecule has 1 amide bonds. The largest absolute Gasteiger partial charge is 0.416 e. The Hall–Kier alpha value is -2.02. The maximum atomic E-state index is 12.5. The minimum atomic E-state index is -4.42. The highest BCUT2D eigenvalue weighted by Crippen LogP contribution is 2.31. The zero-order valence-electron chi connectivity index (χ0n) is 9.95. The average Bonchev–Trinajstić information content (AvgIpc) is 2.78. The van der Waals surface area contributed by atoms with Crippen LogP contribution in [0.5, 0.6) is 0 Å². The second kappa shape index (κ2) is 4.58. The van der Waals surface area contributed by atoms with E-state index in [1.54, 1.807) is 0 Å². The molecule has 0 spiro atoms. The number of amides is 1. The number of aliphatic hydroxyl groups is 1. The number of hydrogen-bond donors (Lipinski definition) is 2. The molecule has 4 nitrogen and oxygen atoms in total. The highest BCUT2D eigenvalue weighted by atomic mass is 19.4. The lowest BCUT2D eigenvalue weighted by Crippen LogP contribution is -2.27. The van der Waals surface area contributed by atoms with E-state index in [-0.39, 0.29) is 5.69 Å². The molecular weight excluding hydrogens is 261 g/mol. The lowest BCUT2D eigenvalue weighted by atomic mass is 10.1. The van der Waals surface area contributed by atoms with Crippen LogP contribution in [0.25, 0.3) is 10.9 Å². The van der Waals surface area contributed by atoms with Crippen LogP contribution < -0.4 is 0 Å². The number of hydrogen-bond acceptors (Lipinski definition) is 2. The van der Waals surface area contributed by atoms with E-state index in [2.05, 4.69) is 4.98 Å². The Morgan fingerprint density at radius 3 is 2.63 bits per heavy atom. The minimum absolute atomic E-state index is 0.130. The summed E-state index contributed by atoms with van der Waals surface area (Å²) >= 11 is 0.